The van der Waals surface area contributed by atoms with E-state index >= 15 is 0 Å². The third kappa shape index (κ3) is 10.6. The maximum absolute atomic E-state index is 5.36. The molecule has 0 aliphatic rings. The summed E-state index contributed by atoms with van der Waals surface area (Å²) in [6.45, 7) is 0.676. The minimum atomic E-state index is -2.48. The molecule has 0 aromatic heterocycles. The van der Waals surface area contributed by atoms with Crippen molar-refractivity contribution in [1.29, 1.82) is 0 Å². The largest absolute Gasteiger partial charge is 1.00 e. The first-order valence-corrected chi connectivity index (χ1v) is 7.56. The van der Waals surface area contributed by atoms with Crippen LogP contribution in [0.2, 0.25) is 0 Å². The molecule has 0 spiro atoms. The summed E-state index contributed by atoms with van der Waals surface area (Å²) in [6, 6.07) is 0. The van der Waals surface area contributed by atoms with Gasteiger partial charge in [-0.2, -0.15) is 0 Å². The van der Waals surface area contributed by atoms with Gasteiger partial charge in [0.25, 0.3) is 0 Å². The molecule has 0 amide bonds. The van der Waals surface area contributed by atoms with Crippen LogP contribution in [0.25, 0.3) is 0 Å². The van der Waals surface area contributed by atoms with Crippen LogP contribution in [0, 0.1) is 0 Å². The fourth-order valence-corrected chi connectivity index (χ4v) is 2.30. The fraction of sp³-hybridized carbons (Fsp3) is 1.00. The first-order chi connectivity index (χ1) is 5.12. The molecule has 0 aromatic rings. The topological polar surface area (TPSA) is 18.5 Å². The van der Waals surface area contributed by atoms with Gasteiger partial charge in [0.05, 0.1) is 18.9 Å². The molecule has 0 saturated carbocycles. The van der Waals surface area contributed by atoms with E-state index in [1.165, 1.54) is 0 Å². The van der Waals surface area contributed by atoms with E-state index in [4.69, 9.17) is 56.3 Å². The number of alkyl halides is 2. The van der Waals surface area contributed by atoms with Gasteiger partial charge >= 0.3 is 29.6 Å². The van der Waals surface area contributed by atoms with Gasteiger partial charge in [-0.25, -0.2) is 0 Å². The molecule has 0 aromatic carbocycles. The molecule has 2 nitrogen and oxygen atoms in total. The Kier molecular flexibility index (Phi) is 14.1. The maximum Gasteiger partial charge on any atom is 1.00 e. The molecule has 0 heterocycles. The average Bonchev–Trinajstić information content (AvgIpc) is 1.97. The Hall–Kier alpha value is 2.50. The Balaban J connectivity index is 0. The van der Waals surface area contributed by atoms with E-state index < -0.39 is 5.69 Å². The predicted molar refractivity (Wildman–Crippen MR) is 55.0 cm³/mol. The van der Waals surface area contributed by atoms with Crippen molar-refractivity contribution < 1.29 is 38.6 Å². The number of hydrogen-bond acceptors (Lipinski definition) is 4. The second kappa shape index (κ2) is 10.0. The van der Waals surface area contributed by atoms with Gasteiger partial charge < -0.3 is 21.3 Å². The van der Waals surface area contributed by atoms with Crippen molar-refractivity contribution in [3.8, 4) is 0 Å². The van der Waals surface area contributed by atoms with Gasteiger partial charge in [-0.05, 0) is 0 Å². The molecule has 0 radical (unpaired) electrons. The van der Waals surface area contributed by atoms with Crippen LogP contribution in [-0.2, 0) is 33.1 Å². The first kappa shape index (κ1) is 16.9. The van der Waals surface area contributed by atoms with Gasteiger partial charge in [0.15, 0.2) is 0 Å². The Morgan fingerprint density at radius 1 is 1.17 bits per heavy atom. The molecule has 0 N–H and O–H groups in total. The smallest absolute Gasteiger partial charge is 0.691 e. The summed E-state index contributed by atoms with van der Waals surface area (Å²) in [7, 11) is 0. The fourth-order valence-electron chi connectivity index (χ4n) is 0.330. The van der Waals surface area contributed by atoms with E-state index in [0.717, 1.165) is 0 Å². The van der Waals surface area contributed by atoms with Gasteiger partial charge in [-0.15, -0.1) is 23.2 Å². The first-order valence-electron chi connectivity index (χ1n) is 2.84. The van der Waals surface area contributed by atoms with E-state index in [-0.39, 0.29) is 29.6 Å². The van der Waals surface area contributed by atoms with Crippen LogP contribution >= 0.6 is 28.9 Å². The normalized spacial score (nSPS) is 10.9. The zero-order valence-corrected chi connectivity index (χ0v) is 12.7. The second-order valence-corrected chi connectivity index (χ2v) is 7.24. The molecule has 68 valence electrons. The Labute approximate surface area is 115 Å². The van der Waals surface area contributed by atoms with Gasteiger partial charge in [0.1, 0.15) is 0 Å². The van der Waals surface area contributed by atoms with Crippen molar-refractivity contribution >= 4 is 53.0 Å². The van der Waals surface area contributed by atoms with Crippen LogP contribution in [-0.4, -0.2) is 25.0 Å². The summed E-state index contributed by atoms with van der Waals surface area (Å²) >= 11 is 20.4. The van der Waals surface area contributed by atoms with Gasteiger partial charge in [-0.1, -0.05) is 11.8 Å². The molecule has 0 atom stereocenters. The summed E-state index contributed by atoms with van der Waals surface area (Å²) in [6.07, 6.45) is 0. The monoisotopic (exact) mass is 276 g/mol. The van der Waals surface area contributed by atoms with Gasteiger partial charge in [0.2, 0.25) is 0 Å². The van der Waals surface area contributed by atoms with Crippen LogP contribution in [0.1, 0.15) is 0 Å². The summed E-state index contributed by atoms with van der Waals surface area (Å²) in [4.78, 5) is 0. The third-order valence-electron chi connectivity index (χ3n) is 0.653. The zero-order valence-electron chi connectivity index (χ0n) is 6.66. The van der Waals surface area contributed by atoms with Crippen molar-refractivity contribution in [1.82, 2.24) is 0 Å². The van der Waals surface area contributed by atoms with E-state index in [0.29, 0.717) is 25.0 Å². The van der Waals surface area contributed by atoms with Crippen LogP contribution < -0.4 is 29.6 Å². The molecule has 0 aliphatic heterocycles. The summed E-state index contributed by atoms with van der Waals surface area (Å²) in [5.41, 5.74) is -2.48. The average molecular weight is 277 g/mol. The van der Waals surface area contributed by atoms with Crippen molar-refractivity contribution in [2.24, 2.45) is 0 Å². The third-order valence-corrected chi connectivity index (χ3v) is 3.22. The van der Waals surface area contributed by atoms with Crippen LogP contribution in [0.3, 0.4) is 0 Å². The SMILES string of the molecule is S=P([S-])(OCCCl)OCCCl.[Na+]. The number of halogens is 2. The molecule has 0 saturated heterocycles. The van der Waals surface area contributed by atoms with E-state index in [1.54, 1.807) is 0 Å². The molecule has 8 heteroatoms. The van der Waals surface area contributed by atoms with E-state index in [9.17, 15) is 0 Å². The molecule has 0 aliphatic carbocycles. The minimum Gasteiger partial charge on any atom is -0.691 e. The minimum absolute atomic E-state index is 0. The van der Waals surface area contributed by atoms with Crippen molar-refractivity contribution in [2.75, 3.05) is 25.0 Å². The molecule has 0 fully saturated rings. The predicted octanol–water partition coefficient (Wildman–Crippen LogP) is -0.727. The van der Waals surface area contributed by atoms with Gasteiger partial charge in [-0.3, -0.25) is 0 Å². The molecular formula is C4H8Cl2NaO2PS2. The summed E-state index contributed by atoms with van der Waals surface area (Å²) in [5.74, 6) is 0.749. The zero-order chi connectivity index (χ0) is 8.74. The standard InChI is InChI=1S/C4H9Cl2O2PS2.Na/c5-1-3-7-9(10,11)8-4-2-6;/h1-4H2,(H,10,11);/q;+1/p-1. The number of rotatable bonds is 6. The number of hydrogen-bond donors (Lipinski definition) is 0. The van der Waals surface area contributed by atoms with Crippen molar-refractivity contribution in [3.05, 3.63) is 0 Å². The molecule has 12 heavy (non-hydrogen) atoms. The Morgan fingerprint density at radius 2 is 1.50 bits per heavy atom. The van der Waals surface area contributed by atoms with Crippen molar-refractivity contribution in [3.63, 3.8) is 0 Å². The summed E-state index contributed by atoms with van der Waals surface area (Å²) in [5, 5.41) is 0. The molecule has 0 bridgehead atoms. The Bertz CT molecular complexity index is 139. The molecule has 0 unspecified atom stereocenters. The van der Waals surface area contributed by atoms with Crippen molar-refractivity contribution in [2.45, 2.75) is 0 Å². The van der Waals surface area contributed by atoms with E-state index in [1.807, 2.05) is 0 Å². The second-order valence-electron chi connectivity index (χ2n) is 1.49. The van der Waals surface area contributed by atoms with Gasteiger partial charge in [0, 0.05) is 11.8 Å². The molecular weight excluding hydrogens is 269 g/mol. The van der Waals surface area contributed by atoms with Crippen LogP contribution in [0.5, 0.6) is 0 Å². The summed E-state index contributed by atoms with van der Waals surface area (Å²) < 4.78 is 10.0. The quantitative estimate of drug-likeness (QED) is 0.276. The van der Waals surface area contributed by atoms with Crippen LogP contribution in [0.15, 0.2) is 0 Å². The van der Waals surface area contributed by atoms with E-state index in [2.05, 4.69) is 0 Å². The van der Waals surface area contributed by atoms with Crippen LogP contribution in [0.4, 0.5) is 0 Å². The Morgan fingerprint density at radius 3 is 1.75 bits per heavy atom. The molecule has 0 rings (SSSR count). The maximum atomic E-state index is 5.36.